The van der Waals surface area contributed by atoms with Crippen molar-refractivity contribution < 1.29 is 14.3 Å². The van der Waals surface area contributed by atoms with Crippen molar-refractivity contribution in [1.29, 1.82) is 0 Å². The number of rotatable bonds is 8. The van der Waals surface area contributed by atoms with Gasteiger partial charge in [0.2, 0.25) is 0 Å². The number of hydrogen-bond donors (Lipinski definition) is 0. The summed E-state index contributed by atoms with van der Waals surface area (Å²) in [6.45, 7) is 7.91. The van der Waals surface area contributed by atoms with Gasteiger partial charge in [-0.2, -0.15) is 0 Å². The summed E-state index contributed by atoms with van der Waals surface area (Å²) in [5, 5.41) is 0. The lowest BCUT2D eigenvalue weighted by Gasteiger charge is -2.08. The molecule has 0 N–H and O–H groups in total. The molecule has 0 unspecified atom stereocenters. The van der Waals surface area contributed by atoms with Crippen LogP contribution >= 0.6 is 0 Å². The summed E-state index contributed by atoms with van der Waals surface area (Å²) >= 11 is 0. The first kappa shape index (κ1) is 16.6. The summed E-state index contributed by atoms with van der Waals surface area (Å²) in [7, 11) is 0. The maximum atomic E-state index is 10.6. The van der Waals surface area contributed by atoms with Crippen LogP contribution < -0.4 is 0 Å². The number of carbonyl (C=O) groups excluding carboxylic acids is 2. The number of carbonyl (C=O) groups is 2. The molecule has 0 saturated carbocycles. The van der Waals surface area contributed by atoms with Crippen LogP contribution in [0.25, 0.3) is 0 Å². The molecule has 18 heavy (non-hydrogen) atoms. The lowest BCUT2D eigenvalue weighted by atomic mass is 9.98. The maximum absolute atomic E-state index is 10.6. The first-order valence-electron chi connectivity index (χ1n) is 6.36. The molecule has 0 rings (SSSR count). The quantitative estimate of drug-likeness (QED) is 0.377. The standard InChI is InChI=1S/C15H24O3/c1-12(9-11-18-15(4)17)6-5-7-13(2)14(3)8-10-16/h7,9-10,14H,5-6,8,11H2,1-4H3/b12-9+,13-7+/t14-/m0/s1. The van der Waals surface area contributed by atoms with Gasteiger partial charge < -0.3 is 9.53 Å². The van der Waals surface area contributed by atoms with E-state index in [0.717, 1.165) is 19.1 Å². The molecule has 0 spiro atoms. The van der Waals surface area contributed by atoms with Crippen LogP contribution in [0.1, 0.15) is 47.0 Å². The Labute approximate surface area is 110 Å². The molecule has 0 aromatic rings. The molecule has 0 bridgehead atoms. The zero-order valence-corrected chi connectivity index (χ0v) is 11.9. The van der Waals surface area contributed by atoms with Gasteiger partial charge in [-0.1, -0.05) is 24.1 Å². The lowest BCUT2D eigenvalue weighted by molar-refractivity contribution is -0.139. The predicted molar refractivity (Wildman–Crippen MR) is 73.2 cm³/mol. The molecule has 3 nitrogen and oxygen atoms in total. The summed E-state index contributed by atoms with van der Waals surface area (Å²) in [5.41, 5.74) is 2.47. The van der Waals surface area contributed by atoms with Crippen LogP contribution in [0, 0.1) is 5.92 Å². The molecule has 0 aliphatic carbocycles. The molecule has 0 saturated heterocycles. The third-order valence-electron chi connectivity index (χ3n) is 2.95. The molecule has 0 fully saturated rings. The maximum Gasteiger partial charge on any atom is 0.302 e. The summed E-state index contributed by atoms with van der Waals surface area (Å²) in [6, 6.07) is 0. The summed E-state index contributed by atoms with van der Waals surface area (Å²) in [4.78, 5) is 21.0. The highest BCUT2D eigenvalue weighted by Crippen LogP contribution is 2.15. The van der Waals surface area contributed by atoms with E-state index in [4.69, 9.17) is 4.74 Å². The van der Waals surface area contributed by atoms with Gasteiger partial charge in [-0.3, -0.25) is 4.79 Å². The number of hydrogen-bond acceptors (Lipinski definition) is 3. The van der Waals surface area contributed by atoms with E-state index in [1.807, 2.05) is 13.0 Å². The molecule has 0 radical (unpaired) electrons. The van der Waals surface area contributed by atoms with E-state index in [1.54, 1.807) is 0 Å². The third-order valence-corrected chi connectivity index (χ3v) is 2.95. The molecule has 0 aromatic carbocycles. The van der Waals surface area contributed by atoms with Gasteiger partial charge in [-0.05, 0) is 38.7 Å². The van der Waals surface area contributed by atoms with Crippen molar-refractivity contribution in [2.75, 3.05) is 6.61 Å². The van der Waals surface area contributed by atoms with Crippen LogP contribution in [-0.2, 0) is 14.3 Å². The Morgan fingerprint density at radius 1 is 1.22 bits per heavy atom. The topological polar surface area (TPSA) is 43.4 Å². The van der Waals surface area contributed by atoms with Crippen molar-refractivity contribution in [2.24, 2.45) is 5.92 Å². The molecular weight excluding hydrogens is 228 g/mol. The Hall–Kier alpha value is -1.38. The summed E-state index contributed by atoms with van der Waals surface area (Å²) in [6.07, 6.45) is 7.57. The largest absolute Gasteiger partial charge is 0.462 e. The molecule has 0 aliphatic heterocycles. The van der Waals surface area contributed by atoms with Crippen molar-refractivity contribution in [2.45, 2.75) is 47.0 Å². The Kier molecular flexibility index (Phi) is 8.89. The van der Waals surface area contributed by atoms with Gasteiger partial charge >= 0.3 is 5.97 Å². The SMILES string of the molecule is CC(=O)OC/C=C(\C)CC/C=C(\C)[C@@H](C)CC=O. The van der Waals surface area contributed by atoms with Crippen LogP contribution in [0.4, 0.5) is 0 Å². The molecular formula is C15H24O3. The first-order valence-corrected chi connectivity index (χ1v) is 6.36. The Morgan fingerprint density at radius 3 is 2.44 bits per heavy atom. The van der Waals surface area contributed by atoms with Crippen LogP contribution in [0.15, 0.2) is 23.3 Å². The minimum atomic E-state index is -0.252. The predicted octanol–water partition coefficient (Wildman–Crippen LogP) is 3.45. The average molecular weight is 252 g/mol. The molecule has 0 amide bonds. The van der Waals surface area contributed by atoms with Crippen molar-refractivity contribution in [1.82, 2.24) is 0 Å². The lowest BCUT2D eigenvalue weighted by Crippen LogP contribution is -1.98. The molecule has 0 aromatic heterocycles. The minimum absolute atomic E-state index is 0.252. The van der Waals surface area contributed by atoms with Gasteiger partial charge in [0.1, 0.15) is 12.9 Å². The van der Waals surface area contributed by atoms with Crippen molar-refractivity contribution in [3.8, 4) is 0 Å². The second-order valence-electron chi connectivity index (χ2n) is 4.64. The number of allylic oxidation sites excluding steroid dienone is 3. The van der Waals surface area contributed by atoms with E-state index in [0.29, 0.717) is 18.9 Å². The fourth-order valence-corrected chi connectivity index (χ4v) is 1.46. The molecule has 1 atom stereocenters. The van der Waals surface area contributed by atoms with E-state index >= 15 is 0 Å². The number of esters is 1. The van der Waals surface area contributed by atoms with Gasteiger partial charge in [-0.15, -0.1) is 0 Å². The third kappa shape index (κ3) is 8.74. The Morgan fingerprint density at radius 2 is 1.89 bits per heavy atom. The molecule has 0 heterocycles. The normalized spacial score (nSPS) is 14.2. The highest BCUT2D eigenvalue weighted by atomic mass is 16.5. The Bertz CT molecular complexity index is 327. The Balaban J connectivity index is 3.97. The van der Waals surface area contributed by atoms with E-state index in [2.05, 4.69) is 19.9 Å². The van der Waals surface area contributed by atoms with Gasteiger partial charge in [-0.25, -0.2) is 0 Å². The first-order chi connectivity index (χ1) is 8.47. The van der Waals surface area contributed by atoms with Crippen molar-refractivity contribution in [3.05, 3.63) is 23.3 Å². The fraction of sp³-hybridized carbons (Fsp3) is 0.600. The minimum Gasteiger partial charge on any atom is -0.462 e. The van der Waals surface area contributed by atoms with E-state index in [9.17, 15) is 9.59 Å². The fourth-order valence-electron chi connectivity index (χ4n) is 1.46. The molecule has 102 valence electrons. The van der Waals surface area contributed by atoms with E-state index < -0.39 is 0 Å². The van der Waals surface area contributed by atoms with Crippen molar-refractivity contribution >= 4 is 12.3 Å². The second-order valence-corrected chi connectivity index (χ2v) is 4.64. The van der Waals surface area contributed by atoms with E-state index in [1.165, 1.54) is 18.1 Å². The van der Waals surface area contributed by atoms with Gasteiger partial charge in [0, 0.05) is 13.3 Å². The molecule has 0 aliphatic rings. The van der Waals surface area contributed by atoms with Gasteiger partial charge in [0.05, 0.1) is 0 Å². The van der Waals surface area contributed by atoms with Gasteiger partial charge in [0.15, 0.2) is 0 Å². The zero-order chi connectivity index (χ0) is 14.0. The number of ether oxygens (including phenoxy) is 1. The monoisotopic (exact) mass is 252 g/mol. The van der Waals surface area contributed by atoms with Crippen LogP contribution in [0.5, 0.6) is 0 Å². The summed E-state index contributed by atoms with van der Waals surface area (Å²) in [5.74, 6) is 0.0744. The van der Waals surface area contributed by atoms with Crippen LogP contribution in [0.2, 0.25) is 0 Å². The zero-order valence-electron chi connectivity index (χ0n) is 11.9. The van der Waals surface area contributed by atoms with Crippen LogP contribution in [0.3, 0.4) is 0 Å². The van der Waals surface area contributed by atoms with Crippen LogP contribution in [-0.4, -0.2) is 18.9 Å². The average Bonchev–Trinajstić information content (AvgIpc) is 2.28. The van der Waals surface area contributed by atoms with Crippen molar-refractivity contribution in [3.63, 3.8) is 0 Å². The summed E-state index contributed by atoms with van der Waals surface area (Å²) < 4.78 is 4.84. The highest BCUT2D eigenvalue weighted by molar-refractivity contribution is 5.66. The smallest absolute Gasteiger partial charge is 0.302 e. The second kappa shape index (κ2) is 9.63. The van der Waals surface area contributed by atoms with Gasteiger partial charge in [0.25, 0.3) is 0 Å². The molecule has 3 heteroatoms. The highest BCUT2D eigenvalue weighted by Gasteiger charge is 2.02. The number of aldehydes is 1. The van der Waals surface area contributed by atoms with E-state index in [-0.39, 0.29) is 5.97 Å².